The number of aliphatic hydroxyl groups is 1. The Morgan fingerprint density at radius 3 is 2.83 bits per heavy atom. The molecule has 1 N–H and O–H groups in total. The summed E-state index contributed by atoms with van der Waals surface area (Å²) in [5.74, 6) is 0. The highest BCUT2D eigenvalue weighted by molar-refractivity contribution is 7.12. The number of hydrogen-bond acceptors (Lipinski definition) is 3. The molecule has 1 aliphatic carbocycles. The lowest BCUT2D eigenvalue weighted by atomic mass is 10.2. The van der Waals surface area contributed by atoms with Crippen LogP contribution in [-0.2, 0) is 6.42 Å². The summed E-state index contributed by atoms with van der Waals surface area (Å²) in [7, 11) is 0. The predicted octanol–water partition coefficient (Wildman–Crippen LogP) is 1.69. The standard InChI is InChI=1S/C9H9NOS/c10-6-8-2-1-7(12-8)5-9(11)3-4-9/h1-2,11H,3-5H2. The Kier molecular flexibility index (Phi) is 1.67. The molecule has 2 rings (SSSR count). The highest BCUT2D eigenvalue weighted by Crippen LogP contribution is 2.39. The monoisotopic (exact) mass is 179 g/mol. The minimum Gasteiger partial charge on any atom is -0.390 e. The fraction of sp³-hybridized carbons (Fsp3) is 0.444. The van der Waals surface area contributed by atoms with E-state index in [1.165, 1.54) is 11.3 Å². The first-order valence-electron chi connectivity index (χ1n) is 3.93. The highest BCUT2D eigenvalue weighted by atomic mass is 32.1. The van der Waals surface area contributed by atoms with Crippen LogP contribution in [0, 0.1) is 11.3 Å². The van der Waals surface area contributed by atoms with Crippen molar-refractivity contribution in [2.24, 2.45) is 0 Å². The molecule has 1 saturated carbocycles. The zero-order valence-corrected chi connectivity index (χ0v) is 7.40. The van der Waals surface area contributed by atoms with Crippen LogP contribution in [0.4, 0.5) is 0 Å². The summed E-state index contributed by atoms with van der Waals surface area (Å²) in [6.45, 7) is 0. The smallest absolute Gasteiger partial charge is 0.110 e. The SMILES string of the molecule is N#Cc1ccc(CC2(O)CC2)s1. The first-order valence-corrected chi connectivity index (χ1v) is 4.75. The van der Waals surface area contributed by atoms with Crippen LogP contribution in [0.3, 0.4) is 0 Å². The van der Waals surface area contributed by atoms with Gasteiger partial charge in [0.15, 0.2) is 0 Å². The van der Waals surface area contributed by atoms with Crippen molar-refractivity contribution in [3.05, 3.63) is 21.9 Å². The molecule has 0 saturated heterocycles. The minimum atomic E-state index is -0.433. The van der Waals surface area contributed by atoms with Crippen LogP contribution in [0.5, 0.6) is 0 Å². The normalized spacial score (nSPS) is 18.7. The van der Waals surface area contributed by atoms with Crippen LogP contribution >= 0.6 is 11.3 Å². The molecule has 1 aromatic rings. The fourth-order valence-electron chi connectivity index (χ4n) is 1.18. The Morgan fingerprint density at radius 2 is 2.33 bits per heavy atom. The summed E-state index contributed by atoms with van der Waals surface area (Å²) in [4.78, 5) is 1.85. The van der Waals surface area contributed by atoms with Crippen molar-refractivity contribution >= 4 is 11.3 Å². The second kappa shape index (κ2) is 2.58. The van der Waals surface area contributed by atoms with Crippen LogP contribution in [0.2, 0.25) is 0 Å². The summed E-state index contributed by atoms with van der Waals surface area (Å²) < 4.78 is 0. The van der Waals surface area contributed by atoms with Gasteiger partial charge in [0, 0.05) is 11.3 Å². The van der Waals surface area contributed by atoms with Gasteiger partial charge < -0.3 is 5.11 Å². The van der Waals surface area contributed by atoms with E-state index >= 15 is 0 Å². The van der Waals surface area contributed by atoms with Gasteiger partial charge in [-0.25, -0.2) is 0 Å². The van der Waals surface area contributed by atoms with Gasteiger partial charge in [-0.2, -0.15) is 5.26 Å². The Labute approximate surface area is 75.1 Å². The van der Waals surface area contributed by atoms with Gasteiger partial charge in [-0.15, -0.1) is 11.3 Å². The summed E-state index contributed by atoms with van der Waals surface area (Å²) in [6.07, 6.45) is 2.54. The molecule has 1 aromatic heterocycles. The molecule has 0 atom stereocenters. The van der Waals surface area contributed by atoms with E-state index in [0.29, 0.717) is 0 Å². The van der Waals surface area contributed by atoms with Gasteiger partial charge >= 0.3 is 0 Å². The van der Waals surface area contributed by atoms with E-state index in [0.717, 1.165) is 29.0 Å². The summed E-state index contributed by atoms with van der Waals surface area (Å²) in [5.41, 5.74) is -0.433. The quantitative estimate of drug-likeness (QED) is 0.750. The van der Waals surface area contributed by atoms with E-state index in [9.17, 15) is 5.11 Å². The summed E-state index contributed by atoms with van der Waals surface area (Å²) in [5, 5.41) is 18.2. The van der Waals surface area contributed by atoms with Gasteiger partial charge in [0.2, 0.25) is 0 Å². The van der Waals surface area contributed by atoms with E-state index < -0.39 is 5.60 Å². The van der Waals surface area contributed by atoms with Gasteiger partial charge in [0.25, 0.3) is 0 Å². The minimum absolute atomic E-state index is 0.433. The maximum atomic E-state index is 9.59. The Bertz CT molecular complexity index is 333. The van der Waals surface area contributed by atoms with Gasteiger partial charge in [0.1, 0.15) is 10.9 Å². The molecule has 1 heterocycles. The molecule has 62 valence electrons. The third kappa shape index (κ3) is 1.50. The topological polar surface area (TPSA) is 44.0 Å². The lowest BCUT2D eigenvalue weighted by molar-refractivity contribution is 0.152. The van der Waals surface area contributed by atoms with Crippen molar-refractivity contribution < 1.29 is 5.11 Å². The number of nitriles is 1. The molecule has 0 aromatic carbocycles. The lowest BCUT2D eigenvalue weighted by Gasteiger charge is -2.02. The molecule has 1 aliphatic rings. The van der Waals surface area contributed by atoms with Gasteiger partial charge in [0.05, 0.1) is 5.60 Å². The van der Waals surface area contributed by atoms with Crippen LogP contribution in [-0.4, -0.2) is 10.7 Å². The van der Waals surface area contributed by atoms with Crippen LogP contribution < -0.4 is 0 Å². The van der Waals surface area contributed by atoms with E-state index in [-0.39, 0.29) is 0 Å². The Balaban J connectivity index is 2.09. The lowest BCUT2D eigenvalue weighted by Crippen LogP contribution is -2.08. The summed E-state index contributed by atoms with van der Waals surface area (Å²) in [6, 6.07) is 5.83. The van der Waals surface area contributed by atoms with Crippen molar-refractivity contribution in [1.29, 1.82) is 5.26 Å². The highest BCUT2D eigenvalue weighted by Gasteiger charge is 2.40. The van der Waals surface area contributed by atoms with E-state index in [1.807, 2.05) is 12.1 Å². The van der Waals surface area contributed by atoms with Crippen LogP contribution in [0.1, 0.15) is 22.6 Å². The van der Waals surface area contributed by atoms with Gasteiger partial charge in [-0.1, -0.05) is 0 Å². The summed E-state index contributed by atoms with van der Waals surface area (Å²) >= 11 is 1.48. The van der Waals surface area contributed by atoms with Crippen molar-refractivity contribution in [2.75, 3.05) is 0 Å². The Hall–Kier alpha value is -0.850. The average molecular weight is 179 g/mol. The molecule has 2 nitrogen and oxygen atoms in total. The van der Waals surface area contributed by atoms with E-state index in [1.54, 1.807) is 0 Å². The molecule has 3 heteroatoms. The van der Waals surface area contributed by atoms with Crippen molar-refractivity contribution in [3.8, 4) is 6.07 Å². The average Bonchev–Trinajstić information content (AvgIpc) is 2.63. The van der Waals surface area contributed by atoms with E-state index in [4.69, 9.17) is 5.26 Å². The number of thiophene rings is 1. The third-order valence-corrected chi connectivity index (χ3v) is 3.09. The molecule has 0 radical (unpaired) electrons. The van der Waals surface area contributed by atoms with Crippen molar-refractivity contribution in [1.82, 2.24) is 0 Å². The maximum Gasteiger partial charge on any atom is 0.110 e. The zero-order valence-electron chi connectivity index (χ0n) is 6.58. The molecule has 12 heavy (non-hydrogen) atoms. The molecule has 1 fully saturated rings. The van der Waals surface area contributed by atoms with Gasteiger partial charge in [-0.3, -0.25) is 0 Å². The number of hydrogen-bond donors (Lipinski definition) is 1. The predicted molar refractivity (Wildman–Crippen MR) is 46.9 cm³/mol. The second-order valence-corrected chi connectivity index (χ2v) is 4.45. The fourth-order valence-corrected chi connectivity index (χ4v) is 2.12. The Morgan fingerprint density at radius 1 is 1.58 bits per heavy atom. The van der Waals surface area contributed by atoms with Crippen molar-refractivity contribution in [2.45, 2.75) is 24.9 Å². The molecule has 0 aliphatic heterocycles. The van der Waals surface area contributed by atoms with Crippen LogP contribution in [0.25, 0.3) is 0 Å². The third-order valence-electron chi connectivity index (χ3n) is 2.10. The van der Waals surface area contributed by atoms with Crippen LogP contribution in [0.15, 0.2) is 12.1 Å². The first kappa shape index (κ1) is 7.78. The van der Waals surface area contributed by atoms with Crippen molar-refractivity contribution in [3.63, 3.8) is 0 Å². The number of rotatable bonds is 2. The zero-order chi connectivity index (χ0) is 8.60. The molecular weight excluding hydrogens is 170 g/mol. The molecule has 0 unspecified atom stereocenters. The number of nitrogens with zero attached hydrogens (tertiary/aromatic N) is 1. The first-order chi connectivity index (χ1) is 5.72. The van der Waals surface area contributed by atoms with Gasteiger partial charge in [-0.05, 0) is 25.0 Å². The maximum absolute atomic E-state index is 9.59. The largest absolute Gasteiger partial charge is 0.390 e. The molecule has 0 bridgehead atoms. The molecule has 0 spiro atoms. The molecular formula is C9H9NOS. The second-order valence-electron chi connectivity index (χ2n) is 3.28. The van der Waals surface area contributed by atoms with E-state index in [2.05, 4.69) is 6.07 Å². The molecule has 0 amide bonds.